The first-order chi connectivity index (χ1) is 6.49. The first kappa shape index (κ1) is 11.3. The van der Waals surface area contributed by atoms with Crippen LogP contribution in [0.5, 0.6) is 5.75 Å². The number of ether oxygens (including phenoxy) is 1. The predicted molar refractivity (Wildman–Crippen MR) is 57.4 cm³/mol. The molecule has 0 spiro atoms. The Morgan fingerprint density at radius 2 is 2.21 bits per heavy atom. The highest BCUT2D eigenvalue weighted by atomic mass is 79.9. The van der Waals surface area contributed by atoms with Crippen LogP contribution in [-0.4, -0.2) is 18.2 Å². The first-order valence-electron chi connectivity index (χ1n) is 3.75. The number of aromatic carboxylic acids is 1. The standard InChI is InChI=1S/C9H8BrClO3/c1-4-6(10)3-5(9(12)13)7(11)8(4)14-2/h3H,1-2H3,(H,12,13). The molecule has 0 amide bonds. The van der Waals surface area contributed by atoms with Gasteiger partial charge in [0.2, 0.25) is 0 Å². The van der Waals surface area contributed by atoms with E-state index in [-0.39, 0.29) is 10.6 Å². The van der Waals surface area contributed by atoms with Crippen molar-refractivity contribution in [2.24, 2.45) is 0 Å². The van der Waals surface area contributed by atoms with E-state index in [2.05, 4.69) is 15.9 Å². The fraction of sp³-hybridized carbons (Fsp3) is 0.222. The van der Waals surface area contributed by atoms with E-state index < -0.39 is 5.97 Å². The molecule has 0 aliphatic heterocycles. The van der Waals surface area contributed by atoms with Gasteiger partial charge >= 0.3 is 5.97 Å². The van der Waals surface area contributed by atoms with E-state index in [0.29, 0.717) is 10.2 Å². The molecular weight excluding hydrogens is 271 g/mol. The molecule has 1 aromatic rings. The van der Waals surface area contributed by atoms with Crippen LogP contribution in [0.4, 0.5) is 0 Å². The molecule has 0 unspecified atom stereocenters. The Hall–Kier alpha value is -0.740. The molecule has 0 aromatic heterocycles. The van der Waals surface area contributed by atoms with Gasteiger partial charge in [-0.15, -0.1) is 0 Å². The lowest BCUT2D eigenvalue weighted by molar-refractivity contribution is 0.0696. The fourth-order valence-electron chi connectivity index (χ4n) is 1.09. The summed E-state index contributed by atoms with van der Waals surface area (Å²) in [6.07, 6.45) is 0. The van der Waals surface area contributed by atoms with Crippen LogP contribution in [0.25, 0.3) is 0 Å². The molecule has 5 heteroatoms. The van der Waals surface area contributed by atoms with Crippen LogP contribution >= 0.6 is 27.5 Å². The summed E-state index contributed by atoms with van der Waals surface area (Å²) in [7, 11) is 1.45. The molecule has 0 aliphatic rings. The van der Waals surface area contributed by atoms with Gasteiger partial charge < -0.3 is 9.84 Å². The highest BCUT2D eigenvalue weighted by Gasteiger charge is 2.17. The molecule has 14 heavy (non-hydrogen) atoms. The van der Waals surface area contributed by atoms with Crippen molar-refractivity contribution in [3.8, 4) is 5.75 Å². The van der Waals surface area contributed by atoms with Crippen LogP contribution in [0, 0.1) is 6.92 Å². The molecule has 0 bridgehead atoms. The summed E-state index contributed by atoms with van der Waals surface area (Å²) in [5.41, 5.74) is 0.809. The number of halogens is 2. The monoisotopic (exact) mass is 278 g/mol. The van der Waals surface area contributed by atoms with Crippen molar-refractivity contribution in [1.29, 1.82) is 0 Å². The molecule has 76 valence electrons. The maximum absolute atomic E-state index is 10.8. The lowest BCUT2D eigenvalue weighted by Crippen LogP contribution is -2.01. The Balaban J connectivity index is 3.50. The summed E-state index contributed by atoms with van der Waals surface area (Å²) in [5, 5.41) is 8.97. The number of carboxylic acid groups (broad SMARTS) is 1. The van der Waals surface area contributed by atoms with Crippen molar-refractivity contribution in [1.82, 2.24) is 0 Å². The minimum absolute atomic E-state index is 0.0287. The van der Waals surface area contributed by atoms with Crippen LogP contribution in [-0.2, 0) is 0 Å². The molecule has 3 nitrogen and oxygen atoms in total. The zero-order valence-electron chi connectivity index (χ0n) is 7.60. The number of carbonyl (C=O) groups is 1. The molecular formula is C9H8BrClO3. The molecule has 0 heterocycles. The van der Waals surface area contributed by atoms with Crippen molar-refractivity contribution in [3.05, 3.63) is 26.7 Å². The van der Waals surface area contributed by atoms with Crippen LogP contribution < -0.4 is 4.74 Å². The molecule has 1 rings (SSSR count). The van der Waals surface area contributed by atoms with Gasteiger partial charge in [0.25, 0.3) is 0 Å². The smallest absolute Gasteiger partial charge is 0.337 e. The zero-order valence-corrected chi connectivity index (χ0v) is 9.94. The van der Waals surface area contributed by atoms with E-state index in [1.165, 1.54) is 13.2 Å². The molecule has 0 fully saturated rings. The number of rotatable bonds is 2. The van der Waals surface area contributed by atoms with Crippen LogP contribution in [0.2, 0.25) is 5.02 Å². The molecule has 0 saturated heterocycles. The van der Waals surface area contributed by atoms with Gasteiger partial charge in [0.1, 0.15) is 5.75 Å². The molecule has 1 N–H and O–H groups in total. The van der Waals surface area contributed by atoms with Crippen LogP contribution in [0.15, 0.2) is 10.5 Å². The molecule has 0 aliphatic carbocycles. The maximum Gasteiger partial charge on any atom is 0.337 e. The van der Waals surface area contributed by atoms with E-state index in [9.17, 15) is 4.79 Å². The van der Waals surface area contributed by atoms with Crippen molar-refractivity contribution in [2.75, 3.05) is 7.11 Å². The summed E-state index contributed by atoms with van der Waals surface area (Å²) in [6, 6.07) is 1.46. The Morgan fingerprint density at radius 3 is 2.64 bits per heavy atom. The number of benzene rings is 1. The summed E-state index contributed by atoms with van der Waals surface area (Å²) < 4.78 is 5.69. The predicted octanol–water partition coefficient (Wildman–Crippen LogP) is 3.12. The van der Waals surface area contributed by atoms with Gasteiger partial charge in [-0.3, -0.25) is 0 Å². The highest BCUT2D eigenvalue weighted by Crippen LogP contribution is 2.36. The Labute approximate surface area is 94.8 Å². The summed E-state index contributed by atoms with van der Waals surface area (Å²) in [5.74, 6) is -0.688. The SMILES string of the molecule is COc1c(C)c(Br)cc(C(=O)O)c1Cl. The number of hydrogen-bond acceptors (Lipinski definition) is 2. The average molecular weight is 280 g/mol. The number of methoxy groups -OCH3 is 1. The fourth-order valence-corrected chi connectivity index (χ4v) is 1.86. The second-order valence-corrected chi connectivity index (χ2v) is 3.92. The first-order valence-corrected chi connectivity index (χ1v) is 4.92. The minimum atomic E-state index is -1.07. The van der Waals surface area contributed by atoms with Crippen molar-refractivity contribution in [2.45, 2.75) is 6.92 Å². The second-order valence-electron chi connectivity index (χ2n) is 2.68. The number of hydrogen-bond donors (Lipinski definition) is 1. The van der Waals surface area contributed by atoms with Crippen molar-refractivity contribution >= 4 is 33.5 Å². The third-order valence-electron chi connectivity index (χ3n) is 1.84. The summed E-state index contributed by atoms with van der Waals surface area (Å²) >= 11 is 9.09. The lowest BCUT2D eigenvalue weighted by atomic mass is 10.1. The Morgan fingerprint density at radius 1 is 1.64 bits per heavy atom. The number of carboxylic acids is 1. The van der Waals surface area contributed by atoms with E-state index in [1.807, 2.05) is 0 Å². The molecule has 0 radical (unpaired) electrons. The summed E-state index contributed by atoms with van der Waals surface area (Å²) in [6.45, 7) is 1.79. The van der Waals surface area contributed by atoms with Gasteiger partial charge in [0.15, 0.2) is 0 Å². The van der Waals surface area contributed by atoms with Crippen LogP contribution in [0.1, 0.15) is 15.9 Å². The Bertz CT molecular complexity index is 390. The van der Waals surface area contributed by atoms with Gasteiger partial charge in [-0.25, -0.2) is 4.79 Å². The van der Waals surface area contributed by atoms with E-state index in [0.717, 1.165) is 5.56 Å². The largest absolute Gasteiger partial charge is 0.495 e. The topological polar surface area (TPSA) is 46.5 Å². The van der Waals surface area contributed by atoms with E-state index >= 15 is 0 Å². The van der Waals surface area contributed by atoms with Crippen molar-refractivity contribution in [3.63, 3.8) is 0 Å². The molecule has 0 atom stereocenters. The quantitative estimate of drug-likeness (QED) is 0.905. The minimum Gasteiger partial charge on any atom is -0.495 e. The second kappa shape index (κ2) is 4.19. The van der Waals surface area contributed by atoms with Crippen molar-refractivity contribution < 1.29 is 14.6 Å². The van der Waals surface area contributed by atoms with E-state index in [1.54, 1.807) is 6.92 Å². The third-order valence-corrected chi connectivity index (χ3v) is 3.04. The summed E-state index contributed by atoms with van der Waals surface area (Å²) in [4.78, 5) is 10.8. The Kier molecular flexibility index (Phi) is 3.39. The van der Waals surface area contributed by atoms with Gasteiger partial charge in [0.05, 0.1) is 17.7 Å². The molecule has 1 aromatic carbocycles. The van der Waals surface area contributed by atoms with Gasteiger partial charge in [-0.05, 0) is 13.0 Å². The third kappa shape index (κ3) is 1.86. The van der Waals surface area contributed by atoms with Crippen LogP contribution in [0.3, 0.4) is 0 Å². The zero-order chi connectivity index (χ0) is 10.9. The maximum atomic E-state index is 10.8. The van der Waals surface area contributed by atoms with Gasteiger partial charge in [0, 0.05) is 10.0 Å². The van der Waals surface area contributed by atoms with Gasteiger partial charge in [-0.2, -0.15) is 0 Å². The average Bonchev–Trinajstić information content (AvgIpc) is 2.12. The lowest BCUT2D eigenvalue weighted by Gasteiger charge is -2.10. The highest BCUT2D eigenvalue weighted by molar-refractivity contribution is 9.10. The normalized spacial score (nSPS) is 10.0. The van der Waals surface area contributed by atoms with Gasteiger partial charge in [-0.1, -0.05) is 27.5 Å². The molecule has 0 saturated carbocycles. The van der Waals surface area contributed by atoms with E-state index in [4.69, 9.17) is 21.4 Å².